The highest BCUT2D eigenvalue weighted by molar-refractivity contribution is 6.30. The van der Waals surface area contributed by atoms with E-state index in [1.807, 2.05) is 0 Å². The third-order valence-corrected chi connectivity index (χ3v) is 4.73. The maximum Gasteiger partial charge on any atom is 0.0527 e. The quantitative estimate of drug-likeness (QED) is 0.480. The first-order chi connectivity index (χ1) is 4.23. The van der Waals surface area contributed by atoms with Crippen molar-refractivity contribution in [2.24, 2.45) is 17.8 Å². The molecule has 0 heterocycles. The van der Waals surface area contributed by atoms with E-state index in [4.69, 9.17) is 23.2 Å². The number of hydrogen-bond donors (Lipinski definition) is 0. The van der Waals surface area contributed by atoms with Gasteiger partial charge >= 0.3 is 0 Å². The topological polar surface area (TPSA) is 0 Å². The Morgan fingerprint density at radius 3 is 2.33 bits per heavy atom. The molecule has 4 aliphatic rings. The molecule has 0 aromatic rings. The Morgan fingerprint density at radius 2 is 2.22 bits per heavy atom. The van der Waals surface area contributed by atoms with E-state index in [-0.39, 0.29) is 4.87 Å². The summed E-state index contributed by atoms with van der Waals surface area (Å²) in [4.78, 5) is 0.205. The summed E-state index contributed by atoms with van der Waals surface area (Å²) in [5.41, 5.74) is 0. The second kappa shape index (κ2) is 1.16. The molecular weight excluding hydrogens is 155 g/mol. The Kier molecular flexibility index (Phi) is 0.680. The highest BCUT2D eigenvalue weighted by Gasteiger charge is 2.78. The first-order valence-corrected chi connectivity index (χ1v) is 4.38. The van der Waals surface area contributed by atoms with Gasteiger partial charge in [0.15, 0.2) is 0 Å². The summed E-state index contributed by atoms with van der Waals surface area (Å²) >= 11 is 12.3. The molecule has 0 spiro atoms. The molecule has 5 atom stereocenters. The van der Waals surface area contributed by atoms with E-state index in [1.165, 1.54) is 12.8 Å². The average molecular weight is 163 g/mol. The van der Waals surface area contributed by atoms with Gasteiger partial charge in [0.2, 0.25) is 0 Å². The lowest BCUT2D eigenvalue weighted by atomic mass is 10.1. The molecule has 0 N–H and O–H groups in total. The van der Waals surface area contributed by atoms with Gasteiger partial charge in [0.05, 0.1) is 4.87 Å². The van der Waals surface area contributed by atoms with Gasteiger partial charge in [-0.25, -0.2) is 0 Å². The second-order valence-corrected chi connectivity index (χ2v) is 4.91. The molecule has 4 aliphatic carbocycles. The Labute approximate surface area is 64.5 Å². The fourth-order valence-corrected chi connectivity index (χ4v) is 4.28. The molecule has 4 fully saturated rings. The number of alkyl halides is 2. The molecule has 4 bridgehead atoms. The zero-order valence-corrected chi connectivity index (χ0v) is 6.49. The second-order valence-electron chi connectivity index (χ2n) is 3.70. The maximum absolute atomic E-state index is 6.24. The summed E-state index contributed by atoms with van der Waals surface area (Å²) < 4.78 is 0. The Bertz CT molecular complexity index is 178. The summed E-state index contributed by atoms with van der Waals surface area (Å²) in [5, 5.41) is 0.438. The monoisotopic (exact) mass is 162 g/mol. The Morgan fingerprint density at radius 1 is 1.44 bits per heavy atom. The SMILES string of the molecule is ClC1C2CC3C1C3(Cl)C2. The van der Waals surface area contributed by atoms with E-state index in [9.17, 15) is 0 Å². The van der Waals surface area contributed by atoms with Crippen LogP contribution in [0.2, 0.25) is 0 Å². The summed E-state index contributed by atoms with van der Waals surface area (Å²) in [7, 11) is 0. The summed E-state index contributed by atoms with van der Waals surface area (Å²) in [6, 6.07) is 0. The molecule has 2 heteroatoms. The Balaban J connectivity index is 2.10. The molecule has 5 unspecified atom stereocenters. The standard InChI is InChI=1S/C7H8Cl2/c8-6-3-1-4-5(6)7(4,9)2-3/h3-6H,1-2H2. The number of rotatable bonds is 0. The Hall–Kier alpha value is 0.580. The van der Waals surface area contributed by atoms with Gasteiger partial charge in [-0.1, -0.05) is 0 Å². The van der Waals surface area contributed by atoms with E-state index >= 15 is 0 Å². The van der Waals surface area contributed by atoms with E-state index in [1.54, 1.807) is 0 Å². The van der Waals surface area contributed by atoms with Crippen LogP contribution in [0.15, 0.2) is 0 Å². The van der Waals surface area contributed by atoms with Crippen LogP contribution in [0.1, 0.15) is 12.8 Å². The van der Waals surface area contributed by atoms with Crippen LogP contribution in [0.5, 0.6) is 0 Å². The fraction of sp³-hybridized carbons (Fsp3) is 1.00. The lowest BCUT2D eigenvalue weighted by Crippen LogP contribution is -2.01. The smallest absolute Gasteiger partial charge is 0.0527 e. The third kappa shape index (κ3) is 0.372. The highest BCUT2D eigenvalue weighted by Crippen LogP contribution is 2.77. The average Bonchev–Trinajstić information content (AvgIpc) is 2.21. The van der Waals surface area contributed by atoms with Crippen molar-refractivity contribution in [2.75, 3.05) is 0 Å². The zero-order chi connectivity index (χ0) is 6.22. The first-order valence-electron chi connectivity index (χ1n) is 3.56. The van der Waals surface area contributed by atoms with Gasteiger partial charge < -0.3 is 0 Å². The van der Waals surface area contributed by atoms with Gasteiger partial charge in [-0.15, -0.1) is 23.2 Å². The highest BCUT2D eigenvalue weighted by atomic mass is 35.5. The third-order valence-electron chi connectivity index (χ3n) is 3.42. The van der Waals surface area contributed by atoms with Crippen LogP contribution in [0.4, 0.5) is 0 Å². The van der Waals surface area contributed by atoms with Crippen molar-refractivity contribution in [3.63, 3.8) is 0 Å². The molecule has 9 heavy (non-hydrogen) atoms. The molecule has 0 saturated heterocycles. The minimum atomic E-state index is 0.205. The molecule has 0 nitrogen and oxygen atoms in total. The molecular formula is C7H8Cl2. The summed E-state index contributed by atoms with van der Waals surface area (Å²) in [5.74, 6) is 2.29. The molecule has 0 aromatic heterocycles. The van der Waals surface area contributed by atoms with E-state index in [0.717, 1.165) is 11.8 Å². The van der Waals surface area contributed by atoms with Gasteiger partial charge in [0, 0.05) is 5.38 Å². The van der Waals surface area contributed by atoms with Gasteiger partial charge in [-0.3, -0.25) is 0 Å². The molecule has 4 saturated carbocycles. The summed E-state index contributed by atoms with van der Waals surface area (Å²) in [6.45, 7) is 0. The predicted octanol–water partition coefficient (Wildman–Crippen LogP) is 2.24. The van der Waals surface area contributed by atoms with Crippen LogP contribution in [0, 0.1) is 17.8 Å². The van der Waals surface area contributed by atoms with Crippen LogP contribution in [0.25, 0.3) is 0 Å². The molecule has 50 valence electrons. The number of halogens is 2. The lowest BCUT2D eigenvalue weighted by Gasteiger charge is -2.01. The number of hydrogen-bond acceptors (Lipinski definition) is 0. The molecule has 0 radical (unpaired) electrons. The van der Waals surface area contributed by atoms with Crippen molar-refractivity contribution < 1.29 is 0 Å². The van der Waals surface area contributed by atoms with Crippen molar-refractivity contribution in [1.29, 1.82) is 0 Å². The van der Waals surface area contributed by atoms with Gasteiger partial charge in [-0.05, 0) is 30.6 Å². The maximum atomic E-state index is 6.24. The minimum absolute atomic E-state index is 0.205. The van der Waals surface area contributed by atoms with E-state index in [2.05, 4.69) is 0 Å². The van der Waals surface area contributed by atoms with Gasteiger partial charge in [0.25, 0.3) is 0 Å². The fourth-order valence-electron chi connectivity index (χ4n) is 2.98. The van der Waals surface area contributed by atoms with Crippen molar-refractivity contribution in [3.05, 3.63) is 0 Å². The molecule has 0 aliphatic heterocycles. The van der Waals surface area contributed by atoms with Crippen LogP contribution >= 0.6 is 23.2 Å². The van der Waals surface area contributed by atoms with E-state index < -0.39 is 0 Å². The van der Waals surface area contributed by atoms with Crippen molar-refractivity contribution in [1.82, 2.24) is 0 Å². The minimum Gasteiger partial charge on any atom is -0.122 e. The van der Waals surface area contributed by atoms with Crippen molar-refractivity contribution >= 4 is 23.2 Å². The predicted molar refractivity (Wildman–Crippen MR) is 37.9 cm³/mol. The van der Waals surface area contributed by atoms with Gasteiger partial charge in [-0.2, -0.15) is 0 Å². The largest absolute Gasteiger partial charge is 0.122 e. The summed E-state index contributed by atoms with van der Waals surface area (Å²) in [6.07, 6.45) is 2.53. The van der Waals surface area contributed by atoms with Crippen LogP contribution < -0.4 is 0 Å². The normalized spacial score (nSPS) is 75.3. The van der Waals surface area contributed by atoms with E-state index in [0.29, 0.717) is 11.3 Å². The molecule has 4 rings (SSSR count). The van der Waals surface area contributed by atoms with Crippen LogP contribution in [0.3, 0.4) is 0 Å². The van der Waals surface area contributed by atoms with Crippen molar-refractivity contribution in [3.8, 4) is 0 Å². The van der Waals surface area contributed by atoms with Crippen molar-refractivity contribution in [2.45, 2.75) is 23.1 Å². The molecule has 0 aromatic carbocycles. The van der Waals surface area contributed by atoms with Gasteiger partial charge in [0.1, 0.15) is 0 Å². The zero-order valence-electron chi connectivity index (χ0n) is 4.98. The lowest BCUT2D eigenvalue weighted by molar-refractivity contribution is 0.611. The first kappa shape index (κ1) is 5.26. The van der Waals surface area contributed by atoms with Crippen LogP contribution in [-0.4, -0.2) is 10.3 Å². The molecule has 0 amide bonds. The van der Waals surface area contributed by atoms with Crippen LogP contribution in [-0.2, 0) is 0 Å².